The number of nitrogens with zero attached hydrogens (tertiary/aromatic N) is 2. The third-order valence-electron chi connectivity index (χ3n) is 4.55. The van der Waals surface area contributed by atoms with Crippen LogP contribution >= 0.6 is 0 Å². The third kappa shape index (κ3) is 4.37. The number of hydrogen-bond donors (Lipinski definition) is 0. The minimum atomic E-state index is -3.73. The van der Waals surface area contributed by atoms with Crippen molar-refractivity contribution in [3.8, 4) is 0 Å². The van der Waals surface area contributed by atoms with Gasteiger partial charge in [-0.25, -0.2) is 21.2 Å². The molecular weight excluding hydrogens is 391 g/mol. The summed E-state index contributed by atoms with van der Waals surface area (Å²) in [4.78, 5) is 0.191. The second-order valence-corrected chi connectivity index (χ2v) is 10.4. The molecule has 146 valence electrons. The van der Waals surface area contributed by atoms with Crippen molar-refractivity contribution in [1.29, 1.82) is 0 Å². The Hall–Kier alpha value is -1.81. The molecular formula is C18H21FN2O4S2. The summed E-state index contributed by atoms with van der Waals surface area (Å²) in [5.74, 6) is -1.01. The molecule has 1 saturated heterocycles. The molecule has 2 aromatic rings. The Bertz CT molecular complexity index is 1010. The van der Waals surface area contributed by atoms with Gasteiger partial charge in [0.05, 0.1) is 10.6 Å². The molecule has 0 bridgehead atoms. The van der Waals surface area contributed by atoms with Gasteiger partial charge in [0, 0.05) is 31.7 Å². The summed E-state index contributed by atoms with van der Waals surface area (Å²) in [5.41, 5.74) is 1.06. The van der Waals surface area contributed by atoms with E-state index < -0.39 is 31.6 Å². The summed E-state index contributed by atoms with van der Waals surface area (Å²) in [6.07, 6.45) is 0. The maximum Gasteiger partial charge on any atom is 0.243 e. The van der Waals surface area contributed by atoms with Crippen LogP contribution in [0.5, 0.6) is 0 Å². The molecule has 0 atom stereocenters. The zero-order valence-corrected chi connectivity index (χ0v) is 16.5. The molecule has 0 aromatic heterocycles. The van der Waals surface area contributed by atoms with Crippen LogP contribution in [0.25, 0.3) is 0 Å². The highest BCUT2D eigenvalue weighted by Crippen LogP contribution is 2.21. The lowest BCUT2D eigenvalue weighted by Gasteiger charge is -2.33. The molecule has 6 nitrogen and oxygen atoms in total. The van der Waals surface area contributed by atoms with E-state index in [2.05, 4.69) is 0 Å². The number of rotatable bonds is 5. The summed E-state index contributed by atoms with van der Waals surface area (Å²) < 4.78 is 66.8. The standard InChI is InChI=1S/C18H21FN2O4S2/c1-15-6-8-17(9-7-15)27(24,25)21-12-10-20(11-13-21)26(22,23)14-16-4-2-3-5-18(16)19/h2-9H,10-14H2,1H3. The molecule has 0 N–H and O–H groups in total. The van der Waals surface area contributed by atoms with E-state index in [1.54, 1.807) is 30.3 Å². The molecule has 0 radical (unpaired) electrons. The number of sulfonamides is 2. The van der Waals surface area contributed by atoms with E-state index in [0.29, 0.717) is 0 Å². The molecule has 0 saturated carbocycles. The van der Waals surface area contributed by atoms with Crippen molar-refractivity contribution in [2.45, 2.75) is 17.6 Å². The predicted molar refractivity (Wildman–Crippen MR) is 101 cm³/mol. The predicted octanol–water partition coefficient (Wildman–Crippen LogP) is 1.97. The van der Waals surface area contributed by atoms with E-state index >= 15 is 0 Å². The second-order valence-electron chi connectivity index (χ2n) is 6.46. The zero-order chi connectivity index (χ0) is 19.7. The average molecular weight is 413 g/mol. The number of piperazine rings is 1. The number of halogens is 1. The van der Waals surface area contributed by atoms with Gasteiger partial charge in [-0.2, -0.15) is 8.61 Å². The summed E-state index contributed by atoms with van der Waals surface area (Å²) in [5, 5.41) is 0. The van der Waals surface area contributed by atoms with Gasteiger partial charge in [0.1, 0.15) is 5.82 Å². The maximum absolute atomic E-state index is 13.8. The molecule has 2 aromatic carbocycles. The Morgan fingerprint density at radius 1 is 0.852 bits per heavy atom. The Morgan fingerprint density at radius 3 is 2.00 bits per heavy atom. The van der Waals surface area contributed by atoms with E-state index in [0.717, 1.165) is 5.56 Å². The van der Waals surface area contributed by atoms with E-state index in [9.17, 15) is 21.2 Å². The Morgan fingerprint density at radius 2 is 1.41 bits per heavy atom. The van der Waals surface area contributed by atoms with Gasteiger partial charge in [0.25, 0.3) is 0 Å². The molecule has 1 heterocycles. The number of aryl methyl sites for hydroxylation is 1. The fourth-order valence-electron chi connectivity index (χ4n) is 2.95. The fourth-order valence-corrected chi connectivity index (χ4v) is 5.90. The van der Waals surface area contributed by atoms with Crippen molar-refractivity contribution in [2.75, 3.05) is 26.2 Å². The summed E-state index contributed by atoms with van der Waals surface area (Å²) >= 11 is 0. The smallest absolute Gasteiger partial charge is 0.212 e. The molecule has 1 aliphatic rings. The highest BCUT2D eigenvalue weighted by molar-refractivity contribution is 7.89. The summed E-state index contributed by atoms with van der Waals surface area (Å²) in [6, 6.07) is 12.3. The van der Waals surface area contributed by atoms with Gasteiger partial charge in [-0.05, 0) is 25.1 Å². The monoisotopic (exact) mass is 412 g/mol. The third-order valence-corrected chi connectivity index (χ3v) is 8.29. The largest absolute Gasteiger partial charge is 0.243 e. The normalized spacial score (nSPS) is 17.1. The number of benzene rings is 2. The summed E-state index contributed by atoms with van der Waals surface area (Å²) in [7, 11) is -7.39. The van der Waals surface area contributed by atoms with Gasteiger partial charge >= 0.3 is 0 Å². The van der Waals surface area contributed by atoms with Crippen LogP contribution in [0.4, 0.5) is 4.39 Å². The van der Waals surface area contributed by atoms with E-state index in [1.165, 1.54) is 26.8 Å². The Balaban J connectivity index is 1.69. The molecule has 1 fully saturated rings. The lowest BCUT2D eigenvalue weighted by atomic mass is 10.2. The zero-order valence-electron chi connectivity index (χ0n) is 14.9. The molecule has 27 heavy (non-hydrogen) atoms. The quantitative estimate of drug-likeness (QED) is 0.753. The maximum atomic E-state index is 13.8. The van der Waals surface area contributed by atoms with Gasteiger partial charge in [0.15, 0.2) is 0 Å². The van der Waals surface area contributed by atoms with Crippen molar-refractivity contribution in [1.82, 2.24) is 8.61 Å². The molecule has 0 amide bonds. The first-order chi connectivity index (χ1) is 12.7. The molecule has 0 aliphatic carbocycles. The Labute approximate surface area is 159 Å². The van der Waals surface area contributed by atoms with Crippen molar-refractivity contribution in [2.24, 2.45) is 0 Å². The van der Waals surface area contributed by atoms with Crippen LogP contribution < -0.4 is 0 Å². The Kier molecular flexibility index (Phi) is 5.66. The second kappa shape index (κ2) is 7.67. The fraction of sp³-hybridized carbons (Fsp3) is 0.333. The van der Waals surface area contributed by atoms with Crippen molar-refractivity contribution in [3.05, 3.63) is 65.5 Å². The van der Waals surface area contributed by atoms with E-state index in [1.807, 2.05) is 6.92 Å². The van der Waals surface area contributed by atoms with E-state index in [4.69, 9.17) is 0 Å². The molecule has 0 unspecified atom stereocenters. The van der Waals surface area contributed by atoms with Crippen LogP contribution in [0, 0.1) is 12.7 Å². The highest BCUT2D eigenvalue weighted by atomic mass is 32.2. The number of hydrogen-bond acceptors (Lipinski definition) is 4. The van der Waals surface area contributed by atoms with Crippen LogP contribution in [-0.4, -0.2) is 51.6 Å². The molecule has 9 heteroatoms. The molecule has 3 rings (SSSR count). The first kappa shape index (κ1) is 19.9. The van der Waals surface area contributed by atoms with Crippen molar-refractivity contribution >= 4 is 20.0 Å². The van der Waals surface area contributed by atoms with Crippen LogP contribution in [0.15, 0.2) is 53.4 Å². The van der Waals surface area contributed by atoms with Gasteiger partial charge < -0.3 is 0 Å². The molecule has 0 spiro atoms. The topological polar surface area (TPSA) is 74.8 Å². The first-order valence-corrected chi connectivity index (χ1v) is 11.5. The van der Waals surface area contributed by atoms with Crippen LogP contribution in [0.3, 0.4) is 0 Å². The average Bonchev–Trinajstić information content (AvgIpc) is 2.64. The SMILES string of the molecule is Cc1ccc(S(=O)(=O)N2CCN(S(=O)(=O)Cc3ccccc3F)CC2)cc1. The van der Waals surface area contributed by atoms with Gasteiger partial charge in [0.2, 0.25) is 20.0 Å². The van der Waals surface area contributed by atoms with Crippen LogP contribution in [0.1, 0.15) is 11.1 Å². The van der Waals surface area contributed by atoms with Crippen LogP contribution in [-0.2, 0) is 25.8 Å². The summed E-state index contributed by atoms with van der Waals surface area (Å²) in [6.45, 7) is 2.08. The van der Waals surface area contributed by atoms with Gasteiger partial charge in [-0.1, -0.05) is 35.9 Å². The van der Waals surface area contributed by atoms with Gasteiger partial charge in [-0.15, -0.1) is 0 Å². The molecule has 1 aliphatic heterocycles. The minimum Gasteiger partial charge on any atom is -0.212 e. The lowest BCUT2D eigenvalue weighted by Crippen LogP contribution is -2.50. The highest BCUT2D eigenvalue weighted by Gasteiger charge is 2.33. The van der Waals surface area contributed by atoms with Crippen LogP contribution in [0.2, 0.25) is 0 Å². The first-order valence-electron chi connectivity index (χ1n) is 8.48. The lowest BCUT2D eigenvalue weighted by molar-refractivity contribution is 0.272. The van der Waals surface area contributed by atoms with Crippen molar-refractivity contribution in [3.63, 3.8) is 0 Å². The van der Waals surface area contributed by atoms with Crippen molar-refractivity contribution < 1.29 is 21.2 Å². The van der Waals surface area contributed by atoms with E-state index in [-0.39, 0.29) is 36.6 Å². The van der Waals surface area contributed by atoms with Gasteiger partial charge in [-0.3, -0.25) is 0 Å². The minimum absolute atomic E-state index is 0.0435.